The number of ether oxygens (including phenoxy) is 1. The predicted octanol–water partition coefficient (Wildman–Crippen LogP) is 1.54. The van der Waals surface area contributed by atoms with Crippen LogP contribution >= 0.6 is 0 Å². The normalized spacial score (nSPS) is 16.4. The summed E-state index contributed by atoms with van der Waals surface area (Å²) in [4.78, 5) is 41.9. The lowest BCUT2D eigenvalue weighted by Gasteiger charge is -2.17. The predicted molar refractivity (Wildman–Crippen MR) is 94.3 cm³/mol. The summed E-state index contributed by atoms with van der Waals surface area (Å²) in [5.41, 5.74) is 1.84. The van der Waals surface area contributed by atoms with E-state index in [1.54, 1.807) is 42.7 Å². The van der Waals surface area contributed by atoms with Gasteiger partial charge in [-0.3, -0.25) is 14.6 Å². The first-order chi connectivity index (χ1) is 12.6. The Morgan fingerprint density at radius 3 is 2.88 bits per heavy atom. The number of esters is 1. The summed E-state index contributed by atoms with van der Waals surface area (Å²) in [5, 5.41) is 2.84. The second kappa shape index (κ2) is 7.77. The summed E-state index contributed by atoms with van der Waals surface area (Å²) < 4.78 is 4.70. The molecule has 1 unspecified atom stereocenters. The van der Waals surface area contributed by atoms with Crippen LogP contribution in [0, 0.1) is 5.92 Å². The van der Waals surface area contributed by atoms with E-state index < -0.39 is 11.9 Å². The zero-order valence-corrected chi connectivity index (χ0v) is 14.3. The van der Waals surface area contributed by atoms with Crippen molar-refractivity contribution in [3.8, 4) is 0 Å². The lowest BCUT2D eigenvalue weighted by Crippen LogP contribution is -2.32. The summed E-state index contributed by atoms with van der Waals surface area (Å²) in [6.07, 6.45) is 3.49. The smallest absolute Gasteiger partial charge is 0.337 e. The van der Waals surface area contributed by atoms with E-state index in [9.17, 15) is 14.4 Å². The maximum atomic E-state index is 12.4. The molecule has 0 saturated carbocycles. The van der Waals surface area contributed by atoms with Gasteiger partial charge in [0, 0.05) is 37.6 Å². The van der Waals surface area contributed by atoms with Gasteiger partial charge >= 0.3 is 5.97 Å². The molecule has 1 aromatic heterocycles. The molecule has 134 valence electrons. The van der Waals surface area contributed by atoms with Gasteiger partial charge in [-0.15, -0.1) is 0 Å². The molecule has 1 saturated heterocycles. The van der Waals surface area contributed by atoms with E-state index in [0.717, 1.165) is 5.56 Å². The number of aromatic nitrogens is 1. The molecule has 1 aromatic carbocycles. The minimum absolute atomic E-state index is 0.140. The topological polar surface area (TPSA) is 88.6 Å². The minimum atomic E-state index is -0.468. The summed E-state index contributed by atoms with van der Waals surface area (Å²) >= 11 is 0. The van der Waals surface area contributed by atoms with Crippen LogP contribution in [-0.4, -0.2) is 36.4 Å². The first kappa shape index (κ1) is 17.6. The minimum Gasteiger partial charge on any atom is -0.465 e. The lowest BCUT2D eigenvalue weighted by atomic mass is 10.1. The molecule has 7 heteroatoms. The van der Waals surface area contributed by atoms with Crippen LogP contribution in [0.3, 0.4) is 0 Å². The van der Waals surface area contributed by atoms with Crippen molar-refractivity contribution in [2.24, 2.45) is 5.92 Å². The Labute approximate surface area is 151 Å². The van der Waals surface area contributed by atoms with E-state index >= 15 is 0 Å². The molecule has 2 heterocycles. The molecule has 2 amide bonds. The number of amides is 2. The van der Waals surface area contributed by atoms with Crippen LogP contribution in [0.2, 0.25) is 0 Å². The molecule has 0 spiro atoms. The van der Waals surface area contributed by atoms with Gasteiger partial charge in [0.2, 0.25) is 11.8 Å². The number of carbonyl (C=O) groups is 3. The lowest BCUT2D eigenvalue weighted by molar-refractivity contribution is -0.126. The van der Waals surface area contributed by atoms with Crippen LogP contribution < -0.4 is 10.2 Å². The Morgan fingerprint density at radius 2 is 2.15 bits per heavy atom. The molecule has 1 atom stereocenters. The number of nitrogens with one attached hydrogen (secondary N) is 1. The van der Waals surface area contributed by atoms with Gasteiger partial charge < -0.3 is 15.0 Å². The highest BCUT2D eigenvalue weighted by Crippen LogP contribution is 2.26. The Kier molecular flexibility index (Phi) is 5.26. The summed E-state index contributed by atoms with van der Waals surface area (Å²) in [5.74, 6) is -1.22. The molecule has 1 fully saturated rings. The first-order valence-corrected chi connectivity index (χ1v) is 8.24. The van der Waals surface area contributed by atoms with Crippen LogP contribution in [0.5, 0.6) is 0 Å². The summed E-state index contributed by atoms with van der Waals surface area (Å²) in [6, 6.07) is 10.3. The van der Waals surface area contributed by atoms with Gasteiger partial charge in [-0.2, -0.15) is 0 Å². The first-order valence-electron chi connectivity index (χ1n) is 8.24. The monoisotopic (exact) mass is 353 g/mol. The molecule has 0 radical (unpaired) electrons. The molecule has 1 aliphatic heterocycles. The Hall–Kier alpha value is -3.22. The molecule has 2 aromatic rings. The van der Waals surface area contributed by atoms with Crippen molar-refractivity contribution in [1.29, 1.82) is 0 Å². The third kappa shape index (κ3) is 3.88. The third-order valence-corrected chi connectivity index (χ3v) is 4.26. The van der Waals surface area contributed by atoms with E-state index in [2.05, 4.69) is 10.3 Å². The van der Waals surface area contributed by atoms with Crippen LogP contribution in [0.25, 0.3) is 0 Å². The average Bonchev–Trinajstić information content (AvgIpc) is 3.08. The Balaban J connectivity index is 1.65. The molecule has 3 rings (SSSR count). The van der Waals surface area contributed by atoms with Gasteiger partial charge in [0.1, 0.15) is 0 Å². The number of carbonyl (C=O) groups excluding carboxylic acids is 3. The number of rotatable bonds is 5. The number of benzene rings is 1. The molecular formula is C19H19N3O4. The van der Waals surface area contributed by atoms with Crippen molar-refractivity contribution in [2.45, 2.75) is 13.0 Å². The van der Waals surface area contributed by atoms with Crippen molar-refractivity contribution in [2.75, 3.05) is 18.6 Å². The number of nitrogens with zero attached hydrogens (tertiary/aromatic N) is 2. The number of methoxy groups -OCH3 is 1. The van der Waals surface area contributed by atoms with E-state index in [4.69, 9.17) is 4.74 Å². The molecular weight excluding hydrogens is 334 g/mol. The van der Waals surface area contributed by atoms with Crippen molar-refractivity contribution in [1.82, 2.24) is 10.3 Å². The summed E-state index contributed by atoms with van der Waals surface area (Å²) in [6.45, 7) is 0.650. The fourth-order valence-electron chi connectivity index (χ4n) is 2.89. The van der Waals surface area contributed by atoms with Crippen LogP contribution in [0.15, 0.2) is 48.8 Å². The van der Waals surface area contributed by atoms with E-state index in [0.29, 0.717) is 17.8 Å². The third-order valence-electron chi connectivity index (χ3n) is 4.26. The van der Waals surface area contributed by atoms with E-state index in [1.165, 1.54) is 12.0 Å². The maximum Gasteiger partial charge on any atom is 0.337 e. The van der Waals surface area contributed by atoms with Crippen LogP contribution in [0.4, 0.5) is 5.69 Å². The van der Waals surface area contributed by atoms with E-state index in [1.807, 2.05) is 6.07 Å². The van der Waals surface area contributed by atoms with Gasteiger partial charge in [-0.25, -0.2) is 4.79 Å². The van der Waals surface area contributed by atoms with Gasteiger partial charge in [-0.1, -0.05) is 12.1 Å². The number of anilines is 1. The van der Waals surface area contributed by atoms with Gasteiger partial charge in [0.05, 0.1) is 18.6 Å². The fraction of sp³-hybridized carbons (Fsp3) is 0.263. The summed E-state index contributed by atoms with van der Waals surface area (Å²) in [7, 11) is 1.30. The second-order valence-corrected chi connectivity index (χ2v) is 6.03. The zero-order chi connectivity index (χ0) is 18.5. The van der Waals surface area contributed by atoms with Crippen molar-refractivity contribution in [3.05, 3.63) is 59.9 Å². The SMILES string of the molecule is COC(=O)c1cccc(N2CC(C(=O)NCc3cccnc3)CC2=O)c1. The van der Waals surface area contributed by atoms with Gasteiger partial charge in [0.15, 0.2) is 0 Å². The highest BCUT2D eigenvalue weighted by Gasteiger charge is 2.35. The molecule has 7 nitrogen and oxygen atoms in total. The molecule has 0 aliphatic carbocycles. The molecule has 1 N–H and O–H groups in total. The molecule has 1 aliphatic rings. The number of hydrogen-bond acceptors (Lipinski definition) is 5. The fourth-order valence-corrected chi connectivity index (χ4v) is 2.89. The maximum absolute atomic E-state index is 12.4. The van der Waals surface area contributed by atoms with Crippen molar-refractivity contribution < 1.29 is 19.1 Å². The average molecular weight is 353 g/mol. The zero-order valence-electron chi connectivity index (χ0n) is 14.3. The van der Waals surface area contributed by atoms with Crippen LogP contribution in [-0.2, 0) is 20.9 Å². The van der Waals surface area contributed by atoms with Gasteiger partial charge in [-0.05, 0) is 29.8 Å². The highest BCUT2D eigenvalue weighted by atomic mass is 16.5. The standard InChI is InChI=1S/C19H19N3O4/c1-26-19(25)14-5-2-6-16(8-14)22-12-15(9-17(22)23)18(24)21-11-13-4-3-7-20-10-13/h2-8,10,15H,9,11-12H2,1H3,(H,21,24). The molecule has 26 heavy (non-hydrogen) atoms. The van der Waals surface area contributed by atoms with Crippen molar-refractivity contribution in [3.63, 3.8) is 0 Å². The largest absolute Gasteiger partial charge is 0.465 e. The van der Waals surface area contributed by atoms with Gasteiger partial charge in [0.25, 0.3) is 0 Å². The Morgan fingerprint density at radius 1 is 1.31 bits per heavy atom. The molecule has 0 bridgehead atoms. The Bertz CT molecular complexity index is 823. The van der Waals surface area contributed by atoms with E-state index in [-0.39, 0.29) is 24.8 Å². The second-order valence-electron chi connectivity index (χ2n) is 6.03. The number of hydrogen-bond donors (Lipinski definition) is 1. The quantitative estimate of drug-likeness (QED) is 0.824. The number of pyridine rings is 1. The van der Waals surface area contributed by atoms with Crippen molar-refractivity contribution >= 4 is 23.5 Å². The van der Waals surface area contributed by atoms with Crippen LogP contribution in [0.1, 0.15) is 22.3 Å². The highest BCUT2D eigenvalue weighted by molar-refractivity contribution is 6.01.